The summed E-state index contributed by atoms with van der Waals surface area (Å²) in [5.74, 6) is 1.13. The maximum Gasteiger partial charge on any atom is 0.321 e. The van der Waals surface area contributed by atoms with Crippen molar-refractivity contribution in [3.05, 3.63) is 25.3 Å². The maximum atomic E-state index is 12.6. The number of carbonyl (C=O) groups is 2. The van der Waals surface area contributed by atoms with Gasteiger partial charge in [-0.15, -0.1) is 13.2 Å². The molecular weight excluding hydrogens is 272 g/mol. The Morgan fingerprint density at radius 1 is 1.20 bits per heavy atom. The summed E-state index contributed by atoms with van der Waals surface area (Å²) >= 11 is 1.34. The fraction of sp³-hybridized carbons (Fsp3) is 0.600. The summed E-state index contributed by atoms with van der Waals surface area (Å²) in [6, 6.07) is -0.289. The molecule has 2 amide bonds. The van der Waals surface area contributed by atoms with E-state index >= 15 is 0 Å². The van der Waals surface area contributed by atoms with Crippen molar-refractivity contribution in [2.45, 2.75) is 25.9 Å². The molecule has 4 unspecified atom stereocenters. The fourth-order valence-electron chi connectivity index (χ4n) is 2.70. The van der Waals surface area contributed by atoms with Crippen LogP contribution in [-0.4, -0.2) is 51.9 Å². The predicted octanol–water partition coefficient (Wildman–Crippen LogP) is 2.38. The van der Waals surface area contributed by atoms with E-state index in [0.29, 0.717) is 18.8 Å². The zero-order chi connectivity index (χ0) is 14.9. The van der Waals surface area contributed by atoms with Gasteiger partial charge in [-0.25, -0.2) is 4.79 Å². The molecule has 110 valence electrons. The van der Waals surface area contributed by atoms with Crippen molar-refractivity contribution in [1.29, 1.82) is 0 Å². The van der Waals surface area contributed by atoms with Gasteiger partial charge in [0.1, 0.15) is 6.04 Å². The van der Waals surface area contributed by atoms with Crippen LogP contribution in [0.2, 0.25) is 0 Å². The summed E-state index contributed by atoms with van der Waals surface area (Å²) in [5, 5.41) is 0.119. The van der Waals surface area contributed by atoms with Crippen LogP contribution in [0.1, 0.15) is 13.8 Å². The highest BCUT2D eigenvalue weighted by atomic mass is 32.2. The number of carbonyl (C=O) groups excluding carboxylic acids is 2. The van der Waals surface area contributed by atoms with Crippen LogP contribution in [0.15, 0.2) is 25.3 Å². The van der Waals surface area contributed by atoms with Crippen molar-refractivity contribution < 1.29 is 9.59 Å². The topological polar surface area (TPSA) is 40.6 Å². The molecule has 2 aliphatic heterocycles. The van der Waals surface area contributed by atoms with Gasteiger partial charge in [-0.3, -0.25) is 4.79 Å². The Morgan fingerprint density at radius 3 is 2.30 bits per heavy atom. The molecule has 0 aliphatic carbocycles. The summed E-state index contributed by atoms with van der Waals surface area (Å²) in [7, 11) is 0. The molecule has 2 rings (SSSR count). The number of urea groups is 1. The average Bonchev–Trinajstić information content (AvgIpc) is 2.92. The van der Waals surface area contributed by atoms with Crippen LogP contribution in [0.5, 0.6) is 0 Å². The van der Waals surface area contributed by atoms with E-state index in [0.717, 1.165) is 0 Å². The van der Waals surface area contributed by atoms with Crippen LogP contribution in [0.25, 0.3) is 0 Å². The molecule has 4 atom stereocenters. The highest BCUT2D eigenvalue weighted by Crippen LogP contribution is 2.36. The Kier molecular flexibility index (Phi) is 4.58. The first kappa shape index (κ1) is 15.2. The van der Waals surface area contributed by atoms with Gasteiger partial charge in [0, 0.05) is 18.8 Å². The van der Waals surface area contributed by atoms with E-state index < -0.39 is 0 Å². The molecule has 0 bridgehead atoms. The largest absolute Gasteiger partial charge is 0.321 e. The first-order valence-corrected chi connectivity index (χ1v) is 7.97. The zero-order valence-corrected chi connectivity index (χ0v) is 12.9. The molecule has 0 spiro atoms. The molecule has 20 heavy (non-hydrogen) atoms. The van der Waals surface area contributed by atoms with Crippen LogP contribution in [0, 0.1) is 11.8 Å². The third kappa shape index (κ3) is 2.64. The highest BCUT2D eigenvalue weighted by Gasteiger charge is 2.53. The van der Waals surface area contributed by atoms with Crippen LogP contribution in [0.4, 0.5) is 4.79 Å². The molecule has 0 N–H and O–H groups in total. The normalized spacial score (nSPS) is 28.5. The van der Waals surface area contributed by atoms with Gasteiger partial charge in [-0.2, -0.15) is 0 Å². The van der Waals surface area contributed by atoms with Crippen molar-refractivity contribution in [1.82, 2.24) is 9.80 Å². The van der Waals surface area contributed by atoms with E-state index in [1.165, 1.54) is 11.8 Å². The maximum absolute atomic E-state index is 12.6. The second-order valence-corrected chi connectivity index (χ2v) is 6.68. The van der Waals surface area contributed by atoms with Crippen molar-refractivity contribution in [3.63, 3.8) is 0 Å². The lowest BCUT2D eigenvalue weighted by atomic mass is 10.1. The molecule has 0 aromatic heterocycles. The summed E-state index contributed by atoms with van der Waals surface area (Å²) in [5.41, 5.74) is 0. The Balaban J connectivity index is 2.20. The summed E-state index contributed by atoms with van der Waals surface area (Å²) in [6.07, 6.45) is 3.67. The average molecular weight is 294 g/mol. The number of rotatable bonds is 6. The van der Waals surface area contributed by atoms with E-state index in [1.807, 2.05) is 30.9 Å². The van der Waals surface area contributed by atoms with Gasteiger partial charge in [0.05, 0.1) is 6.04 Å². The van der Waals surface area contributed by atoms with Crippen LogP contribution in [-0.2, 0) is 4.79 Å². The fourth-order valence-corrected chi connectivity index (χ4v) is 3.85. The predicted molar refractivity (Wildman–Crippen MR) is 82.6 cm³/mol. The van der Waals surface area contributed by atoms with Crippen LogP contribution < -0.4 is 0 Å². The van der Waals surface area contributed by atoms with Crippen molar-refractivity contribution >= 4 is 22.9 Å². The molecule has 0 radical (unpaired) electrons. The van der Waals surface area contributed by atoms with E-state index in [1.54, 1.807) is 4.90 Å². The van der Waals surface area contributed by atoms with E-state index in [9.17, 15) is 9.59 Å². The summed E-state index contributed by atoms with van der Waals surface area (Å²) < 4.78 is 0. The van der Waals surface area contributed by atoms with E-state index in [2.05, 4.69) is 13.2 Å². The third-order valence-electron chi connectivity index (χ3n) is 4.00. The number of amides is 2. The summed E-state index contributed by atoms with van der Waals surface area (Å²) in [4.78, 5) is 28.3. The second kappa shape index (κ2) is 6.04. The van der Waals surface area contributed by atoms with Crippen molar-refractivity contribution in [3.8, 4) is 0 Å². The molecule has 0 saturated carbocycles. The number of nitrogens with zero attached hydrogens (tertiary/aromatic N) is 2. The minimum atomic E-state index is -0.285. The highest BCUT2D eigenvalue weighted by molar-refractivity contribution is 8.14. The number of fused-ring (bicyclic) bond motifs is 1. The molecule has 4 nitrogen and oxygen atoms in total. The van der Waals surface area contributed by atoms with Gasteiger partial charge in [0.25, 0.3) is 0 Å². The number of hydrogen-bond donors (Lipinski definition) is 0. The Hall–Kier alpha value is -1.23. The van der Waals surface area contributed by atoms with Crippen LogP contribution >= 0.6 is 11.8 Å². The third-order valence-corrected chi connectivity index (χ3v) is 5.04. The van der Waals surface area contributed by atoms with Gasteiger partial charge in [0.2, 0.25) is 5.12 Å². The number of hydrogen-bond acceptors (Lipinski definition) is 3. The van der Waals surface area contributed by atoms with E-state index in [-0.39, 0.29) is 35.1 Å². The SMILES string of the molecule is C=CC(C)CN1C(=O)N(CC(C)C=C)C2C(=O)SCC21. The monoisotopic (exact) mass is 294 g/mol. The Morgan fingerprint density at radius 2 is 1.75 bits per heavy atom. The zero-order valence-electron chi connectivity index (χ0n) is 12.1. The minimum absolute atomic E-state index is 0.0133. The molecule has 5 heteroatoms. The molecule has 0 aromatic carbocycles. The standard InChI is InChI=1S/C15H22N2O2S/c1-5-10(3)7-16-12-9-20-14(18)13(12)17(15(16)19)8-11(4)6-2/h5-6,10-13H,1-2,7-9H2,3-4H3. The summed E-state index contributed by atoms with van der Waals surface area (Å²) in [6.45, 7) is 12.8. The molecule has 2 saturated heterocycles. The van der Waals surface area contributed by atoms with Crippen molar-refractivity contribution in [2.75, 3.05) is 18.8 Å². The lowest BCUT2D eigenvalue weighted by Crippen LogP contribution is -2.40. The second-order valence-electron chi connectivity index (χ2n) is 5.66. The van der Waals surface area contributed by atoms with Gasteiger partial charge >= 0.3 is 6.03 Å². The minimum Gasteiger partial charge on any atom is -0.318 e. The van der Waals surface area contributed by atoms with E-state index in [4.69, 9.17) is 0 Å². The van der Waals surface area contributed by atoms with Crippen LogP contribution in [0.3, 0.4) is 0 Å². The Bertz CT molecular complexity index is 438. The first-order valence-electron chi connectivity index (χ1n) is 6.98. The molecule has 2 fully saturated rings. The molecule has 0 aromatic rings. The molecule has 2 aliphatic rings. The molecule has 2 heterocycles. The van der Waals surface area contributed by atoms with Gasteiger partial charge in [0.15, 0.2) is 0 Å². The molecular formula is C15H22N2O2S. The van der Waals surface area contributed by atoms with Gasteiger partial charge in [-0.05, 0) is 11.8 Å². The Labute approximate surface area is 124 Å². The van der Waals surface area contributed by atoms with Crippen molar-refractivity contribution in [2.24, 2.45) is 11.8 Å². The van der Waals surface area contributed by atoms with Gasteiger partial charge < -0.3 is 9.80 Å². The quantitative estimate of drug-likeness (QED) is 0.558. The van der Waals surface area contributed by atoms with Gasteiger partial charge in [-0.1, -0.05) is 37.8 Å². The lowest BCUT2D eigenvalue weighted by Gasteiger charge is -2.24. The number of thioether (sulfide) groups is 1. The lowest BCUT2D eigenvalue weighted by molar-refractivity contribution is -0.114. The smallest absolute Gasteiger partial charge is 0.318 e. The first-order chi connectivity index (χ1) is 9.49.